The van der Waals surface area contributed by atoms with E-state index in [4.69, 9.17) is 9.84 Å². The maximum Gasteiger partial charge on any atom is 0.307 e. The Morgan fingerprint density at radius 1 is 1.48 bits per heavy atom. The highest BCUT2D eigenvalue weighted by Gasteiger charge is 2.33. The molecule has 1 aliphatic rings. The van der Waals surface area contributed by atoms with Crippen LogP contribution in [0.5, 0.6) is 5.75 Å². The van der Waals surface area contributed by atoms with E-state index in [1.807, 2.05) is 0 Å². The van der Waals surface area contributed by atoms with Crippen molar-refractivity contribution < 1.29 is 27.4 Å². The number of aliphatic carboxylic acids is 1. The normalized spacial score (nSPS) is 20.2. The molecule has 0 amide bonds. The van der Waals surface area contributed by atoms with Gasteiger partial charge in [0.05, 0.1) is 17.9 Å². The first-order valence-corrected chi connectivity index (χ1v) is 7.86. The number of halogens is 1. The highest BCUT2D eigenvalue weighted by Crippen LogP contribution is 2.26. The fourth-order valence-corrected chi connectivity index (χ4v) is 3.86. The van der Waals surface area contributed by atoms with E-state index in [9.17, 15) is 17.6 Å². The van der Waals surface area contributed by atoms with Crippen LogP contribution in [-0.4, -0.2) is 44.0 Å². The van der Waals surface area contributed by atoms with Gasteiger partial charge in [0.2, 0.25) is 10.0 Å². The largest absolute Gasteiger partial charge is 0.494 e. The molecule has 1 unspecified atom stereocenters. The molecule has 1 atom stereocenters. The maximum absolute atomic E-state index is 13.7. The Morgan fingerprint density at radius 3 is 2.76 bits per heavy atom. The first kappa shape index (κ1) is 15.7. The van der Waals surface area contributed by atoms with Crippen molar-refractivity contribution in [3.05, 3.63) is 24.0 Å². The third kappa shape index (κ3) is 3.16. The molecule has 0 aliphatic carbocycles. The predicted octanol–water partition coefficient (Wildman–Crippen LogP) is 1.32. The zero-order valence-electron chi connectivity index (χ0n) is 11.5. The monoisotopic (exact) mass is 317 g/mol. The topological polar surface area (TPSA) is 83.9 Å². The SMILES string of the molecule is COc1ccc(S(=O)(=O)N2CCCC(C(=O)O)C2)cc1F. The maximum atomic E-state index is 13.7. The number of carboxylic acid groups (broad SMARTS) is 1. The number of hydrogen-bond acceptors (Lipinski definition) is 4. The fourth-order valence-electron chi connectivity index (χ4n) is 2.32. The predicted molar refractivity (Wildman–Crippen MR) is 72.1 cm³/mol. The summed E-state index contributed by atoms with van der Waals surface area (Å²) >= 11 is 0. The molecule has 1 aromatic carbocycles. The van der Waals surface area contributed by atoms with Crippen LogP contribution in [-0.2, 0) is 14.8 Å². The lowest BCUT2D eigenvalue weighted by Crippen LogP contribution is -2.42. The Kier molecular flexibility index (Phi) is 4.48. The number of rotatable bonds is 4. The molecule has 1 N–H and O–H groups in total. The van der Waals surface area contributed by atoms with Gasteiger partial charge in [0.25, 0.3) is 0 Å². The van der Waals surface area contributed by atoms with Crippen molar-refractivity contribution in [3.63, 3.8) is 0 Å². The van der Waals surface area contributed by atoms with E-state index in [0.717, 1.165) is 10.4 Å². The van der Waals surface area contributed by atoms with Gasteiger partial charge in [-0.25, -0.2) is 12.8 Å². The van der Waals surface area contributed by atoms with Crippen molar-refractivity contribution >= 4 is 16.0 Å². The van der Waals surface area contributed by atoms with Crippen molar-refractivity contribution in [1.29, 1.82) is 0 Å². The Labute approximate surface area is 122 Å². The van der Waals surface area contributed by atoms with Gasteiger partial charge in [-0.05, 0) is 31.0 Å². The number of carbonyl (C=O) groups is 1. The summed E-state index contributed by atoms with van der Waals surface area (Å²) in [6.45, 7) is 0.144. The summed E-state index contributed by atoms with van der Waals surface area (Å²) in [7, 11) is -2.62. The number of hydrogen-bond donors (Lipinski definition) is 1. The Bertz CT molecular complexity index is 646. The summed E-state index contributed by atoms with van der Waals surface area (Å²) in [5, 5.41) is 9.01. The molecular formula is C13H16FNO5S. The van der Waals surface area contributed by atoms with E-state index < -0.39 is 27.7 Å². The molecule has 1 fully saturated rings. The van der Waals surface area contributed by atoms with Crippen molar-refractivity contribution in [2.75, 3.05) is 20.2 Å². The van der Waals surface area contributed by atoms with Gasteiger partial charge in [-0.3, -0.25) is 4.79 Å². The molecule has 0 saturated carbocycles. The molecule has 6 nitrogen and oxygen atoms in total. The van der Waals surface area contributed by atoms with Gasteiger partial charge in [-0.1, -0.05) is 0 Å². The zero-order chi connectivity index (χ0) is 15.6. The van der Waals surface area contributed by atoms with Crippen LogP contribution in [0.4, 0.5) is 4.39 Å². The summed E-state index contributed by atoms with van der Waals surface area (Å²) in [5.41, 5.74) is 0. The molecule has 8 heteroatoms. The summed E-state index contributed by atoms with van der Waals surface area (Å²) < 4.78 is 44.4. The second kappa shape index (κ2) is 5.98. The van der Waals surface area contributed by atoms with E-state index >= 15 is 0 Å². The van der Waals surface area contributed by atoms with E-state index in [0.29, 0.717) is 12.8 Å². The van der Waals surface area contributed by atoms with Gasteiger partial charge in [-0.2, -0.15) is 4.31 Å². The Hall–Kier alpha value is -1.67. The number of methoxy groups -OCH3 is 1. The second-order valence-corrected chi connectivity index (χ2v) is 6.77. The van der Waals surface area contributed by atoms with Crippen LogP contribution in [0.1, 0.15) is 12.8 Å². The highest BCUT2D eigenvalue weighted by molar-refractivity contribution is 7.89. The summed E-state index contributed by atoms with van der Waals surface area (Å²) in [6, 6.07) is 3.38. The minimum absolute atomic E-state index is 0.0454. The van der Waals surface area contributed by atoms with Gasteiger partial charge in [-0.15, -0.1) is 0 Å². The highest BCUT2D eigenvalue weighted by atomic mass is 32.2. The van der Waals surface area contributed by atoms with Gasteiger partial charge in [0.15, 0.2) is 11.6 Å². The molecule has 116 valence electrons. The van der Waals surface area contributed by atoms with Crippen molar-refractivity contribution in [1.82, 2.24) is 4.31 Å². The van der Waals surface area contributed by atoms with Gasteiger partial charge < -0.3 is 9.84 Å². The third-order valence-electron chi connectivity index (χ3n) is 3.49. The molecule has 2 rings (SSSR count). The van der Waals surface area contributed by atoms with E-state index in [1.54, 1.807) is 0 Å². The van der Waals surface area contributed by atoms with Crippen LogP contribution in [0.2, 0.25) is 0 Å². The molecule has 0 bridgehead atoms. The van der Waals surface area contributed by atoms with Crippen LogP contribution < -0.4 is 4.74 Å². The van der Waals surface area contributed by atoms with Gasteiger partial charge >= 0.3 is 5.97 Å². The van der Waals surface area contributed by atoms with Gasteiger partial charge in [0, 0.05) is 13.1 Å². The first-order chi connectivity index (χ1) is 9.86. The number of benzene rings is 1. The lowest BCUT2D eigenvalue weighted by atomic mass is 10.0. The number of sulfonamides is 1. The quantitative estimate of drug-likeness (QED) is 0.905. The average Bonchev–Trinajstić information content (AvgIpc) is 2.47. The number of piperidine rings is 1. The number of ether oxygens (including phenoxy) is 1. The number of nitrogens with zero attached hydrogens (tertiary/aromatic N) is 1. The summed E-state index contributed by atoms with van der Waals surface area (Å²) in [5.74, 6) is -2.56. The molecule has 21 heavy (non-hydrogen) atoms. The first-order valence-electron chi connectivity index (χ1n) is 6.42. The molecule has 1 saturated heterocycles. The lowest BCUT2D eigenvalue weighted by Gasteiger charge is -2.29. The lowest BCUT2D eigenvalue weighted by molar-refractivity contribution is -0.142. The van der Waals surface area contributed by atoms with E-state index in [-0.39, 0.29) is 23.7 Å². The fraction of sp³-hybridized carbons (Fsp3) is 0.462. The minimum Gasteiger partial charge on any atom is -0.494 e. The molecule has 0 radical (unpaired) electrons. The molecule has 1 heterocycles. The minimum atomic E-state index is -3.90. The van der Waals surface area contributed by atoms with Crippen LogP contribution in [0.3, 0.4) is 0 Å². The van der Waals surface area contributed by atoms with E-state index in [2.05, 4.69) is 0 Å². The third-order valence-corrected chi connectivity index (χ3v) is 5.36. The average molecular weight is 317 g/mol. The van der Waals surface area contributed by atoms with Crippen LogP contribution in [0.15, 0.2) is 23.1 Å². The molecule has 0 aromatic heterocycles. The van der Waals surface area contributed by atoms with Crippen LogP contribution in [0.25, 0.3) is 0 Å². The van der Waals surface area contributed by atoms with Crippen LogP contribution >= 0.6 is 0 Å². The zero-order valence-corrected chi connectivity index (χ0v) is 12.3. The molecule has 1 aromatic rings. The van der Waals surface area contributed by atoms with E-state index in [1.165, 1.54) is 19.2 Å². The molecular weight excluding hydrogens is 301 g/mol. The second-order valence-electron chi connectivity index (χ2n) is 4.84. The molecule has 1 aliphatic heterocycles. The molecule has 0 spiro atoms. The standard InChI is InChI=1S/C13H16FNO5S/c1-20-12-5-4-10(7-11(12)14)21(18,19)15-6-2-3-9(8-15)13(16)17/h4-5,7,9H,2-3,6,8H2,1H3,(H,16,17). The van der Waals surface area contributed by atoms with Gasteiger partial charge in [0.1, 0.15) is 0 Å². The van der Waals surface area contributed by atoms with Crippen molar-refractivity contribution in [2.45, 2.75) is 17.7 Å². The van der Waals surface area contributed by atoms with Crippen molar-refractivity contribution in [2.24, 2.45) is 5.92 Å². The van der Waals surface area contributed by atoms with Crippen molar-refractivity contribution in [3.8, 4) is 5.75 Å². The Morgan fingerprint density at radius 2 is 2.19 bits per heavy atom. The number of carboxylic acids is 1. The summed E-state index contributed by atoms with van der Waals surface area (Å²) in [6.07, 6.45) is 0.910. The smallest absolute Gasteiger partial charge is 0.307 e. The Balaban J connectivity index is 2.29. The summed E-state index contributed by atoms with van der Waals surface area (Å²) in [4.78, 5) is 10.8. The van der Waals surface area contributed by atoms with Crippen LogP contribution in [0, 0.1) is 11.7 Å².